The molecule has 6 N–H and O–H groups in total. The summed E-state index contributed by atoms with van der Waals surface area (Å²) in [4.78, 5) is 16.5. The van der Waals surface area contributed by atoms with E-state index in [-0.39, 0.29) is 5.57 Å². The van der Waals surface area contributed by atoms with Crippen LogP contribution in [0.1, 0.15) is 12.5 Å². The maximum atomic E-state index is 12.1. The van der Waals surface area contributed by atoms with Gasteiger partial charge in [-0.3, -0.25) is 4.79 Å². The Balaban J connectivity index is 1.77. The molecule has 2 aromatic heterocycles. The van der Waals surface area contributed by atoms with E-state index in [0.29, 0.717) is 28.7 Å². The summed E-state index contributed by atoms with van der Waals surface area (Å²) >= 11 is 0. The lowest BCUT2D eigenvalue weighted by Gasteiger charge is -2.07. The second kappa shape index (κ2) is 8.61. The maximum Gasteiger partial charge on any atom is 0.258 e. The standard InChI is InChI=1S/C20H20N8O/c1-2-13(11-21)20(29)26-17-4-3-5-19(25-17)28-9-8-18(27-28)24-15-6-7-16(23)14(10-15)12-22/h2-12,21-22H,23H2,1H3,(H,24,27)(H,25,26,29)/b13-2+,21-11?,22-12?. The van der Waals surface area contributed by atoms with Gasteiger partial charge < -0.3 is 27.2 Å². The molecule has 9 nitrogen and oxygen atoms in total. The molecule has 2 heterocycles. The molecule has 29 heavy (non-hydrogen) atoms. The van der Waals surface area contributed by atoms with Gasteiger partial charge in [-0.05, 0) is 37.3 Å². The summed E-state index contributed by atoms with van der Waals surface area (Å²) < 4.78 is 1.57. The fourth-order valence-electron chi connectivity index (χ4n) is 2.53. The average Bonchev–Trinajstić information content (AvgIpc) is 3.19. The number of aromatic nitrogens is 3. The Hall–Kier alpha value is -4.27. The number of nitrogen functional groups attached to an aromatic ring is 1. The number of carbonyl (C=O) groups is 1. The molecule has 146 valence electrons. The number of carbonyl (C=O) groups excluding carboxylic acids is 1. The highest BCUT2D eigenvalue weighted by atomic mass is 16.1. The van der Waals surface area contributed by atoms with Crippen LogP contribution in [-0.4, -0.2) is 33.1 Å². The van der Waals surface area contributed by atoms with Gasteiger partial charge in [0, 0.05) is 41.6 Å². The van der Waals surface area contributed by atoms with Gasteiger partial charge in [-0.15, -0.1) is 5.10 Å². The highest BCUT2D eigenvalue weighted by molar-refractivity contribution is 6.16. The van der Waals surface area contributed by atoms with E-state index in [1.54, 1.807) is 66.3 Å². The molecule has 0 bridgehead atoms. The Labute approximate surface area is 167 Å². The summed E-state index contributed by atoms with van der Waals surface area (Å²) in [6.45, 7) is 1.69. The van der Waals surface area contributed by atoms with Crippen LogP contribution < -0.4 is 16.4 Å². The fourth-order valence-corrected chi connectivity index (χ4v) is 2.53. The van der Waals surface area contributed by atoms with Crippen LogP contribution in [0.15, 0.2) is 60.3 Å². The normalized spacial score (nSPS) is 11.0. The van der Waals surface area contributed by atoms with Crippen LogP contribution in [0.4, 0.5) is 23.0 Å². The molecule has 0 aliphatic carbocycles. The molecule has 0 aliphatic heterocycles. The zero-order chi connectivity index (χ0) is 20.8. The predicted molar refractivity (Wildman–Crippen MR) is 115 cm³/mol. The van der Waals surface area contributed by atoms with Crippen molar-refractivity contribution in [1.82, 2.24) is 14.8 Å². The summed E-state index contributed by atoms with van der Waals surface area (Å²) in [6.07, 6.45) is 5.48. The number of allylic oxidation sites excluding steroid dienone is 1. The Morgan fingerprint density at radius 2 is 2.00 bits per heavy atom. The highest BCUT2D eigenvalue weighted by Gasteiger charge is 2.09. The molecule has 0 aliphatic rings. The minimum absolute atomic E-state index is 0.246. The van der Waals surface area contributed by atoms with E-state index in [2.05, 4.69) is 20.7 Å². The smallest absolute Gasteiger partial charge is 0.258 e. The van der Waals surface area contributed by atoms with Crippen LogP contribution in [0.3, 0.4) is 0 Å². The van der Waals surface area contributed by atoms with Crippen molar-refractivity contribution in [2.45, 2.75) is 6.92 Å². The van der Waals surface area contributed by atoms with Crippen molar-refractivity contribution in [3.63, 3.8) is 0 Å². The van der Waals surface area contributed by atoms with Crippen molar-refractivity contribution < 1.29 is 4.79 Å². The molecule has 3 rings (SSSR count). The van der Waals surface area contributed by atoms with E-state index >= 15 is 0 Å². The van der Waals surface area contributed by atoms with E-state index in [4.69, 9.17) is 16.6 Å². The molecule has 3 aromatic rings. The van der Waals surface area contributed by atoms with Gasteiger partial charge in [-0.1, -0.05) is 12.1 Å². The van der Waals surface area contributed by atoms with Gasteiger partial charge in [0.25, 0.3) is 5.91 Å². The molecule has 0 unspecified atom stereocenters. The van der Waals surface area contributed by atoms with E-state index in [0.717, 1.165) is 11.9 Å². The molecule has 0 fully saturated rings. The van der Waals surface area contributed by atoms with E-state index in [9.17, 15) is 4.79 Å². The number of anilines is 4. The largest absolute Gasteiger partial charge is 0.398 e. The first-order valence-electron chi connectivity index (χ1n) is 8.72. The number of nitrogens with zero attached hydrogens (tertiary/aromatic N) is 3. The summed E-state index contributed by atoms with van der Waals surface area (Å²) in [5.74, 6) is 1.06. The minimum atomic E-state index is -0.402. The van der Waals surface area contributed by atoms with Crippen LogP contribution in [0, 0.1) is 10.8 Å². The molecule has 0 spiro atoms. The number of hydrogen-bond donors (Lipinski definition) is 5. The summed E-state index contributed by atoms with van der Waals surface area (Å²) in [6, 6.07) is 12.2. The topological polar surface area (TPSA) is 146 Å². The monoisotopic (exact) mass is 388 g/mol. The van der Waals surface area contributed by atoms with Gasteiger partial charge in [0.15, 0.2) is 11.6 Å². The second-order valence-corrected chi connectivity index (χ2v) is 5.98. The highest BCUT2D eigenvalue weighted by Crippen LogP contribution is 2.20. The lowest BCUT2D eigenvalue weighted by atomic mass is 10.2. The van der Waals surface area contributed by atoms with Gasteiger partial charge >= 0.3 is 0 Å². The summed E-state index contributed by atoms with van der Waals surface area (Å²) in [7, 11) is 0. The summed E-state index contributed by atoms with van der Waals surface area (Å²) in [5, 5.41) is 24.9. The Bertz CT molecular complexity index is 1100. The number of benzene rings is 1. The number of pyridine rings is 1. The van der Waals surface area contributed by atoms with Crippen LogP contribution in [0.5, 0.6) is 0 Å². The molecule has 9 heteroatoms. The third-order valence-electron chi connectivity index (χ3n) is 4.04. The van der Waals surface area contributed by atoms with Crippen molar-refractivity contribution >= 4 is 41.3 Å². The van der Waals surface area contributed by atoms with Crippen LogP contribution in [0.2, 0.25) is 0 Å². The van der Waals surface area contributed by atoms with Gasteiger partial charge in [0.1, 0.15) is 5.82 Å². The molecule has 0 saturated heterocycles. The maximum absolute atomic E-state index is 12.1. The molecule has 0 radical (unpaired) electrons. The first kappa shape index (κ1) is 19.5. The van der Waals surface area contributed by atoms with Gasteiger partial charge in [0.2, 0.25) is 0 Å². The van der Waals surface area contributed by atoms with E-state index < -0.39 is 5.91 Å². The molecule has 1 amide bonds. The predicted octanol–water partition coefficient (Wildman–Crippen LogP) is 3.13. The van der Waals surface area contributed by atoms with Crippen molar-refractivity contribution in [3.8, 4) is 5.82 Å². The van der Waals surface area contributed by atoms with Crippen LogP contribution in [0.25, 0.3) is 5.82 Å². The van der Waals surface area contributed by atoms with Crippen molar-refractivity contribution in [2.75, 3.05) is 16.4 Å². The fraction of sp³-hybridized carbons (Fsp3) is 0.0500. The number of nitrogens with two attached hydrogens (primary N) is 1. The molecular formula is C20H20N8O. The lowest BCUT2D eigenvalue weighted by Crippen LogP contribution is -2.16. The van der Waals surface area contributed by atoms with Gasteiger partial charge in [-0.25, -0.2) is 9.67 Å². The number of amides is 1. The minimum Gasteiger partial charge on any atom is -0.398 e. The van der Waals surface area contributed by atoms with Gasteiger partial charge in [-0.2, -0.15) is 0 Å². The number of nitrogens with one attached hydrogen (secondary N) is 4. The van der Waals surface area contributed by atoms with Crippen LogP contribution >= 0.6 is 0 Å². The average molecular weight is 388 g/mol. The SMILES string of the molecule is C/C=C(\C=N)C(=O)Nc1cccc(-n2ccc(Nc3ccc(N)c(C=N)c3)n2)n1. The van der Waals surface area contributed by atoms with Gasteiger partial charge in [0.05, 0.1) is 5.57 Å². The zero-order valence-corrected chi connectivity index (χ0v) is 15.7. The van der Waals surface area contributed by atoms with E-state index in [1.807, 2.05) is 0 Å². The molecule has 0 saturated carbocycles. The Morgan fingerprint density at radius 1 is 1.17 bits per heavy atom. The first-order valence-corrected chi connectivity index (χ1v) is 8.72. The number of hydrogen-bond acceptors (Lipinski definition) is 7. The van der Waals surface area contributed by atoms with Crippen molar-refractivity contribution in [3.05, 3.63) is 65.9 Å². The number of rotatable bonds is 7. The summed E-state index contributed by atoms with van der Waals surface area (Å²) in [5.41, 5.74) is 7.95. The van der Waals surface area contributed by atoms with E-state index in [1.165, 1.54) is 6.21 Å². The molecule has 0 atom stereocenters. The third kappa shape index (κ3) is 4.53. The van der Waals surface area contributed by atoms with Crippen LogP contribution in [-0.2, 0) is 4.79 Å². The second-order valence-electron chi connectivity index (χ2n) is 5.98. The molecular weight excluding hydrogens is 368 g/mol. The quantitative estimate of drug-likeness (QED) is 0.240. The zero-order valence-electron chi connectivity index (χ0n) is 15.7. The Kier molecular flexibility index (Phi) is 5.79. The lowest BCUT2D eigenvalue weighted by molar-refractivity contribution is -0.112. The third-order valence-corrected chi connectivity index (χ3v) is 4.04. The van der Waals surface area contributed by atoms with Crippen molar-refractivity contribution in [1.29, 1.82) is 10.8 Å². The Morgan fingerprint density at radius 3 is 2.72 bits per heavy atom. The molecule has 1 aromatic carbocycles. The van der Waals surface area contributed by atoms with Crippen molar-refractivity contribution in [2.24, 2.45) is 0 Å². The first-order chi connectivity index (χ1) is 14.0.